The normalized spacial score (nSPS) is 18.1. The van der Waals surface area contributed by atoms with Crippen molar-refractivity contribution in [3.05, 3.63) is 11.6 Å². The molecular weight excluding hydrogens is 200 g/mol. The molecule has 0 bridgehead atoms. The van der Waals surface area contributed by atoms with Crippen LogP contribution in [0, 0.1) is 5.92 Å². The fourth-order valence-corrected chi connectivity index (χ4v) is 1.90. The lowest BCUT2D eigenvalue weighted by atomic mass is 9.97. The standard InChI is InChI=1S/C13H24N2O/c1-10(2)12(14)13(16)15-9-8-11-6-4-3-5-7-11/h6,10,12H,3-5,7-9,14H2,1-2H3,(H,15,16)/t12-/m0/s1. The largest absolute Gasteiger partial charge is 0.354 e. The molecule has 3 heteroatoms. The van der Waals surface area contributed by atoms with Crippen LogP contribution in [0.4, 0.5) is 0 Å². The lowest BCUT2D eigenvalue weighted by molar-refractivity contribution is -0.123. The fourth-order valence-electron chi connectivity index (χ4n) is 1.90. The Morgan fingerprint density at radius 3 is 2.81 bits per heavy atom. The molecule has 0 fully saturated rings. The molecule has 0 aromatic carbocycles. The first-order valence-electron chi connectivity index (χ1n) is 6.32. The van der Waals surface area contributed by atoms with Crippen LogP contribution in [0.15, 0.2) is 11.6 Å². The number of rotatable bonds is 5. The summed E-state index contributed by atoms with van der Waals surface area (Å²) in [5.41, 5.74) is 7.24. The Bertz CT molecular complexity index is 259. The van der Waals surface area contributed by atoms with Gasteiger partial charge in [0.05, 0.1) is 6.04 Å². The van der Waals surface area contributed by atoms with Crippen LogP contribution in [0.1, 0.15) is 46.0 Å². The molecule has 0 spiro atoms. The first-order chi connectivity index (χ1) is 7.61. The third-order valence-electron chi connectivity index (χ3n) is 3.15. The predicted molar refractivity (Wildman–Crippen MR) is 67.0 cm³/mol. The highest BCUT2D eigenvalue weighted by molar-refractivity contribution is 5.81. The summed E-state index contributed by atoms with van der Waals surface area (Å²) >= 11 is 0. The molecule has 92 valence electrons. The lowest BCUT2D eigenvalue weighted by Crippen LogP contribution is -2.44. The van der Waals surface area contributed by atoms with Crippen LogP contribution in [0.2, 0.25) is 0 Å². The van der Waals surface area contributed by atoms with Crippen molar-refractivity contribution in [2.45, 2.75) is 52.0 Å². The minimum absolute atomic E-state index is 0.0218. The molecule has 0 radical (unpaired) electrons. The molecule has 3 N–H and O–H groups in total. The van der Waals surface area contributed by atoms with Crippen molar-refractivity contribution in [2.75, 3.05) is 6.54 Å². The molecule has 0 heterocycles. The van der Waals surface area contributed by atoms with Crippen LogP contribution in [0.25, 0.3) is 0 Å². The molecule has 1 rings (SSSR count). The first-order valence-corrected chi connectivity index (χ1v) is 6.32. The van der Waals surface area contributed by atoms with E-state index in [1.165, 1.54) is 31.3 Å². The zero-order chi connectivity index (χ0) is 12.0. The quantitative estimate of drug-likeness (QED) is 0.702. The lowest BCUT2D eigenvalue weighted by Gasteiger charge is -2.16. The Morgan fingerprint density at radius 1 is 1.50 bits per heavy atom. The predicted octanol–water partition coefficient (Wildman–Crippen LogP) is 1.98. The van der Waals surface area contributed by atoms with Crippen molar-refractivity contribution in [3.8, 4) is 0 Å². The Kier molecular flexibility index (Phi) is 5.53. The average Bonchev–Trinajstić information content (AvgIpc) is 2.29. The van der Waals surface area contributed by atoms with Gasteiger partial charge in [-0.2, -0.15) is 0 Å². The number of hydrogen-bond acceptors (Lipinski definition) is 2. The second kappa shape index (κ2) is 6.69. The van der Waals surface area contributed by atoms with E-state index in [9.17, 15) is 4.79 Å². The zero-order valence-corrected chi connectivity index (χ0v) is 10.5. The molecule has 1 aliphatic carbocycles. The second-order valence-electron chi connectivity index (χ2n) is 4.92. The molecule has 3 nitrogen and oxygen atoms in total. The first kappa shape index (κ1) is 13.2. The van der Waals surface area contributed by atoms with Crippen LogP contribution in [-0.4, -0.2) is 18.5 Å². The van der Waals surface area contributed by atoms with Gasteiger partial charge in [-0.1, -0.05) is 25.5 Å². The number of hydrogen-bond donors (Lipinski definition) is 2. The van der Waals surface area contributed by atoms with Crippen LogP contribution in [0.3, 0.4) is 0 Å². The van der Waals surface area contributed by atoms with E-state index < -0.39 is 0 Å². The van der Waals surface area contributed by atoms with Crippen molar-refractivity contribution in [2.24, 2.45) is 11.7 Å². The fraction of sp³-hybridized carbons (Fsp3) is 0.769. The molecule has 0 aromatic heterocycles. The van der Waals surface area contributed by atoms with Crippen molar-refractivity contribution in [1.82, 2.24) is 5.32 Å². The third-order valence-corrected chi connectivity index (χ3v) is 3.15. The number of nitrogens with two attached hydrogens (primary N) is 1. The topological polar surface area (TPSA) is 55.1 Å². The van der Waals surface area contributed by atoms with E-state index >= 15 is 0 Å². The molecule has 0 saturated heterocycles. The summed E-state index contributed by atoms with van der Waals surface area (Å²) in [6, 6.07) is -0.375. The Balaban J connectivity index is 2.19. The van der Waals surface area contributed by atoms with Gasteiger partial charge < -0.3 is 11.1 Å². The van der Waals surface area contributed by atoms with E-state index in [0.29, 0.717) is 0 Å². The van der Waals surface area contributed by atoms with Crippen molar-refractivity contribution in [3.63, 3.8) is 0 Å². The van der Waals surface area contributed by atoms with Crippen LogP contribution >= 0.6 is 0 Å². The number of amides is 1. The van der Waals surface area contributed by atoms with E-state index in [0.717, 1.165) is 13.0 Å². The molecule has 0 saturated carbocycles. The summed E-state index contributed by atoms with van der Waals surface area (Å²) in [7, 11) is 0. The van der Waals surface area contributed by atoms with Crippen LogP contribution in [0.5, 0.6) is 0 Å². The summed E-state index contributed by atoms with van der Waals surface area (Å²) in [5.74, 6) is 0.181. The summed E-state index contributed by atoms with van der Waals surface area (Å²) in [5, 5.41) is 2.91. The Morgan fingerprint density at radius 2 is 2.25 bits per heavy atom. The summed E-state index contributed by atoms with van der Waals surface area (Å²) in [6.07, 6.45) is 8.31. The smallest absolute Gasteiger partial charge is 0.237 e. The molecule has 1 aliphatic rings. The van der Waals surface area contributed by atoms with E-state index in [1.54, 1.807) is 0 Å². The van der Waals surface area contributed by atoms with E-state index in [1.807, 2.05) is 13.8 Å². The molecule has 16 heavy (non-hydrogen) atoms. The zero-order valence-electron chi connectivity index (χ0n) is 10.5. The van der Waals surface area contributed by atoms with Crippen molar-refractivity contribution < 1.29 is 4.79 Å². The summed E-state index contributed by atoms with van der Waals surface area (Å²) in [6.45, 7) is 4.66. The minimum atomic E-state index is -0.375. The molecule has 0 aliphatic heterocycles. The number of carbonyl (C=O) groups excluding carboxylic acids is 1. The Labute approximate surface area is 98.5 Å². The van der Waals surface area contributed by atoms with Gasteiger partial charge in [0, 0.05) is 6.54 Å². The molecule has 1 amide bonds. The van der Waals surface area contributed by atoms with E-state index in [4.69, 9.17) is 5.73 Å². The second-order valence-corrected chi connectivity index (χ2v) is 4.92. The molecular formula is C13H24N2O. The van der Waals surface area contributed by atoms with E-state index in [2.05, 4.69) is 11.4 Å². The van der Waals surface area contributed by atoms with Crippen molar-refractivity contribution in [1.29, 1.82) is 0 Å². The maximum absolute atomic E-state index is 11.6. The highest BCUT2D eigenvalue weighted by Gasteiger charge is 2.16. The highest BCUT2D eigenvalue weighted by atomic mass is 16.2. The number of carbonyl (C=O) groups is 1. The highest BCUT2D eigenvalue weighted by Crippen LogP contribution is 2.19. The molecule has 0 unspecified atom stereocenters. The summed E-state index contributed by atoms with van der Waals surface area (Å²) in [4.78, 5) is 11.6. The summed E-state index contributed by atoms with van der Waals surface area (Å²) < 4.78 is 0. The van der Waals surface area contributed by atoms with Gasteiger partial charge in [0.1, 0.15) is 0 Å². The van der Waals surface area contributed by atoms with Crippen LogP contribution in [-0.2, 0) is 4.79 Å². The van der Waals surface area contributed by atoms with Gasteiger partial charge in [0.15, 0.2) is 0 Å². The van der Waals surface area contributed by atoms with Gasteiger partial charge in [-0.3, -0.25) is 4.79 Å². The average molecular weight is 224 g/mol. The van der Waals surface area contributed by atoms with E-state index in [-0.39, 0.29) is 17.9 Å². The van der Waals surface area contributed by atoms with Gasteiger partial charge >= 0.3 is 0 Å². The maximum Gasteiger partial charge on any atom is 0.237 e. The van der Waals surface area contributed by atoms with Gasteiger partial charge in [-0.05, 0) is 38.0 Å². The SMILES string of the molecule is CC(C)[C@H](N)C(=O)NCCC1=CCCCC1. The molecule has 1 atom stereocenters. The monoisotopic (exact) mass is 224 g/mol. The minimum Gasteiger partial charge on any atom is -0.354 e. The van der Waals surface area contributed by atoms with Crippen molar-refractivity contribution >= 4 is 5.91 Å². The third kappa shape index (κ3) is 4.35. The van der Waals surface area contributed by atoms with Crippen LogP contribution < -0.4 is 11.1 Å². The number of allylic oxidation sites excluding steroid dienone is 1. The van der Waals surface area contributed by atoms with Gasteiger partial charge in [-0.15, -0.1) is 0 Å². The van der Waals surface area contributed by atoms with Gasteiger partial charge in [-0.25, -0.2) is 0 Å². The maximum atomic E-state index is 11.6. The number of nitrogens with one attached hydrogen (secondary N) is 1. The van der Waals surface area contributed by atoms with Gasteiger partial charge in [0.2, 0.25) is 5.91 Å². The Hall–Kier alpha value is -0.830. The van der Waals surface area contributed by atoms with Gasteiger partial charge in [0.25, 0.3) is 0 Å². The molecule has 0 aromatic rings.